The molecule has 0 saturated heterocycles. The zero-order chi connectivity index (χ0) is 9.97. The monoisotopic (exact) mass is 210 g/mol. The molecule has 1 N–H and O–H groups in total. The molecule has 78 valence electrons. The SMILES string of the molecule is Cc1csc(CNC2CCCC2C)n1. The normalized spacial score (nSPS) is 27.0. The minimum atomic E-state index is 0.721. The molecule has 2 unspecified atom stereocenters. The van der Waals surface area contributed by atoms with Crippen LogP contribution in [0.4, 0.5) is 0 Å². The van der Waals surface area contributed by atoms with E-state index in [2.05, 4.69) is 29.5 Å². The third-order valence-corrected chi connectivity index (χ3v) is 4.01. The summed E-state index contributed by atoms with van der Waals surface area (Å²) in [6, 6.07) is 0.721. The molecule has 2 nitrogen and oxygen atoms in total. The van der Waals surface area contributed by atoms with Gasteiger partial charge in [-0.15, -0.1) is 11.3 Å². The van der Waals surface area contributed by atoms with Crippen LogP contribution in [0.3, 0.4) is 0 Å². The van der Waals surface area contributed by atoms with Crippen molar-refractivity contribution in [3.63, 3.8) is 0 Å². The number of rotatable bonds is 3. The summed E-state index contributed by atoms with van der Waals surface area (Å²) in [4.78, 5) is 4.45. The van der Waals surface area contributed by atoms with Gasteiger partial charge in [0.05, 0.1) is 0 Å². The van der Waals surface area contributed by atoms with E-state index in [1.165, 1.54) is 24.3 Å². The topological polar surface area (TPSA) is 24.9 Å². The van der Waals surface area contributed by atoms with Crippen LogP contribution in [0.5, 0.6) is 0 Å². The molecular weight excluding hydrogens is 192 g/mol. The molecule has 0 aromatic carbocycles. The summed E-state index contributed by atoms with van der Waals surface area (Å²) in [6.45, 7) is 5.35. The van der Waals surface area contributed by atoms with Gasteiger partial charge in [-0.3, -0.25) is 0 Å². The smallest absolute Gasteiger partial charge is 0.107 e. The van der Waals surface area contributed by atoms with E-state index >= 15 is 0 Å². The first kappa shape index (κ1) is 10.1. The van der Waals surface area contributed by atoms with Gasteiger partial charge in [-0.1, -0.05) is 13.3 Å². The number of nitrogens with zero attached hydrogens (tertiary/aromatic N) is 1. The number of nitrogens with one attached hydrogen (secondary N) is 1. The summed E-state index contributed by atoms with van der Waals surface area (Å²) in [5, 5.41) is 6.95. The second-order valence-corrected chi connectivity index (χ2v) is 5.22. The third-order valence-electron chi connectivity index (χ3n) is 3.04. The van der Waals surface area contributed by atoms with E-state index in [1.54, 1.807) is 11.3 Å². The lowest BCUT2D eigenvalue weighted by atomic mass is 10.1. The highest BCUT2D eigenvalue weighted by molar-refractivity contribution is 7.09. The molecule has 2 atom stereocenters. The van der Waals surface area contributed by atoms with Gasteiger partial charge in [0.2, 0.25) is 0 Å². The highest BCUT2D eigenvalue weighted by atomic mass is 32.1. The Hall–Kier alpha value is -0.410. The Morgan fingerprint density at radius 2 is 2.43 bits per heavy atom. The zero-order valence-corrected chi connectivity index (χ0v) is 9.73. The van der Waals surface area contributed by atoms with Crippen LogP contribution in [0.1, 0.15) is 36.9 Å². The molecule has 14 heavy (non-hydrogen) atoms. The number of aromatic nitrogens is 1. The molecule has 0 amide bonds. The van der Waals surface area contributed by atoms with Crippen molar-refractivity contribution < 1.29 is 0 Å². The molecule has 0 bridgehead atoms. The van der Waals surface area contributed by atoms with Gasteiger partial charge in [0.1, 0.15) is 5.01 Å². The van der Waals surface area contributed by atoms with Crippen molar-refractivity contribution in [2.45, 2.75) is 45.7 Å². The summed E-state index contributed by atoms with van der Waals surface area (Å²) in [5.74, 6) is 0.844. The Balaban J connectivity index is 1.82. The Bertz CT molecular complexity index is 295. The molecule has 3 heteroatoms. The first-order chi connectivity index (χ1) is 6.75. The Labute approximate surface area is 89.8 Å². The fourth-order valence-corrected chi connectivity index (χ4v) is 2.87. The molecule has 1 aliphatic carbocycles. The van der Waals surface area contributed by atoms with Crippen LogP contribution in [0, 0.1) is 12.8 Å². The van der Waals surface area contributed by atoms with Crippen molar-refractivity contribution in [2.24, 2.45) is 5.92 Å². The van der Waals surface area contributed by atoms with Crippen molar-refractivity contribution in [2.75, 3.05) is 0 Å². The standard InChI is InChI=1S/C11H18N2S/c1-8-4-3-5-10(8)12-6-11-13-9(2)7-14-11/h7-8,10,12H,3-6H2,1-2H3. The van der Waals surface area contributed by atoms with Crippen LogP contribution >= 0.6 is 11.3 Å². The summed E-state index contributed by atoms with van der Waals surface area (Å²) in [5.41, 5.74) is 1.14. The molecule has 0 spiro atoms. The van der Waals surface area contributed by atoms with Gasteiger partial charge in [-0.05, 0) is 25.7 Å². The fourth-order valence-electron chi connectivity index (χ4n) is 2.15. The molecule has 2 rings (SSSR count). The van der Waals surface area contributed by atoms with E-state index < -0.39 is 0 Å². The Morgan fingerprint density at radius 1 is 1.57 bits per heavy atom. The van der Waals surface area contributed by atoms with E-state index in [9.17, 15) is 0 Å². The largest absolute Gasteiger partial charge is 0.307 e. The number of thiazole rings is 1. The highest BCUT2D eigenvalue weighted by Crippen LogP contribution is 2.25. The molecule has 1 fully saturated rings. The second kappa shape index (κ2) is 4.41. The van der Waals surface area contributed by atoms with E-state index in [0.29, 0.717) is 0 Å². The van der Waals surface area contributed by atoms with Gasteiger partial charge >= 0.3 is 0 Å². The van der Waals surface area contributed by atoms with Crippen LogP contribution in [0.2, 0.25) is 0 Å². The fraction of sp³-hybridized carbons (Fsp3) is 0.727. The first-order valence-electron chi connectivity index (χ1n) is 5.40. The maximum atomic E-state index is 4.45. The average Bonchev–Trinajstić information content (AvgIpc) is 2.72. The lowest BCUT2D eigenvalue weighted by Crippen LogP contribution is -2.30. The molecule has 1 aromatic rings. The van der Waals surface area contributed by atoms with Crippen LogP contribution in [0.25, 0.3) is 0 Å². The summed E-state index contributed by atoms with van der Waals surface area (Å²) < 4.78 is 0. The lowest BCUT2D eigenvalue weighted by molar-refractivity contribution is 0.425. The number of aryl methyl sites for hydroxylation is 1. The summed E-state index contributed by atoms with van der Waals surface area (Å²) in [7, 11) is 0. The van der Waals surface area contributed by atoms with Crippen LogP contribution < -0.4 is 5.32 Å². The van der Waals surface area contributed by atoms with Crippen molar-refractivity contribution in [3.8, 4) is 0 Å². The van der Waals surface area contributed by atoms with Gasteiger partial charge in [0.25, 0.3) is 0 Å². The number of hydrogen-bond acceptors (Lipinski definition) is 3. The van der Waals surface area contributed by atoms with Crippen molar-refractivity contribution >= 4 is 11.3 Å². The quantitative estimate of drug-likeness (QED) is 0.829. The Kier molecular flexibility index (Phi) is 3.19. The van der Waals surface area contributed by atoms with Crippen molar-refractivity contribution in [1.29, 1.82) is 0 Å². The van der Waals surface area contributed by atoms with Crippen molar-refractivity contribution in [3.05, 3.63) is 16.1 Å². The van der Waals surface area contributed by atoms with Crippen LogP contribution in [-0.2, 0) is 6.54 Å². The van der Waals surface area contributed by atoms with E-state index in [4.69, 9.17) is 0 Å². The molecule has 1 aliphatic rings. The van der Waals surface area contributed by atoms with Crippen molar-refractivity contribution in [1.82, 2.24) is 10.3 Å². The predicted octanol–water partition coefficient (Wildman–Crippen LogP) is 2.73. The average molecular weight is 210 g/mol. The van der Waals surface area contributed by atoms with Crippen LogP contribution in [0.15, 0.2) is 5.38 Å². The van der Waals surface area contributed by atoms with E-state index in [0.717, 1.165) is 24.2 Å². The summed E-state index contributed by atoms with van der Waals surface area (Å²) in [6.07, 6.45) is 4.11. The Morgan fingerprint density at radius 3 is 3.00 bits per heavy atom. The minimum absolute atomic E-state index is 0.721. The maximum absolute atomic E-state index is 4.45. The molecule has 0 aliphatic heterocycles. The van der Waals surface area contributed by atoms with Crippen LogP contribution in [-0.4, -0.2) is 11.0 Å². The summed E-state index contributed by atoms with van der Waals surface area (Å²) >= 11 is 1.76. The predicted molar refractivity (Wildman–Crippen MR) is 60.5 cm³/mol. The van der Waals surface area contributed by atoms with Gasteiger partial charge in [-0.25, -0.2) is 4.98 Å². The number of hydrogen-bond donors (Lipinski definition) is 1. The minimum Gasteiger partial charge on any atom is -0.307 e. The van der Waals surface area contributed by atoms with E-state index in [-0.39, 0.29) is 0 Å². The second-order valence-electron chi connectivity index (χ2n) is 4.28. The molecule has 1 heterocycles. The molecule has 0 radical (unpaired) electrons. The highest BCUT2D eigenvalue weighted by Gasteiger charge is 2.22. The molecule has 1 saturated carbocycles. The molecular formula is C11H18N2S. The van der Waals surface area contributed by atoms with E-state index in [1.807, 2.05) is 0 Å². The first-order valence-corrected chi connectivity index (χ1v) is 6.28. The molecule has 1 aromatic heterocycles. The lowest BCUT2D eigenvalue weighted by Gasteiger charge is -2.15. The van der Waals surface area contributed by atoms with Gasteiger partial charge < -0.3 is 5.32 Å². The maximum Gasteiger partial charge on any atom is 0.107 e. The van der Waals surface area contributed by atoms with Gasteiger partial charge in [-0.2, -0.15) is 0 Å². The zero-order valence-electron chi connectivity index (χ0n) is 8.92. The van der Waals surface area contributed by atoms with Gasteiger partial charge in [0, 0.05) is 23.7 Å². The third kappa shape index (κ3) is 2.34. The van der Waals surface area contributed by atoms with Gasteiger partial charge in [0.15, 0.2) is 0 Å².